The molecular formula is C14H20N2O. The van der Waals surface area contributed by atoms with E-state index in [4.69, 9.17) is 4.74 Å². The van der Waals surface area contributed by atoms with Crippen LogP contribution in [-0.2, 0) is 13.0 Å². The van der Waals surface area contributed by atoms with Gasteiger partial charge in [0.05, 0.1) is 6.61 Å². The normalized spacial score (nSPS) is 20.7. The van der Waals surface area contributed by atoms with E-state index in [2.05, 4.69) is 28.4 Å². The lowest BCUT2D eigenvalue weighted by molar-refractivity contribution is 0.232. The van der Waals surface area contributed by atoms with Gasteiger partial charge in [-0.1, -0.05) is 12.1 Å². The summed E-state index contributed by atoms with van der Waals surface area (Å²) in [6.07, 6.45) is 2.33. The fourth-order valence-electron chi connectivity index (χ4n) is 2.64. The number of hydrogen-bond donors (Lipinski definition) is 1. The second-order valence-electron chi connectivity index (χ2n) is 4.92. The first-order valence-electron chi connectivity index (χ1n) is 6.59. The first-order valence-corrected chi connectivity index (χ1v) is 6.59. The number of fused-ring (bicyclic) bond motifs is 1. The van der Waals surface area contributed by atoms with Gasteiger partial charge < -0.3 is 10.1 Å². The standard InChI is InChI=1S/C14H20N2O/c1-2-13-10-12(3-4-14(13)17-9-1)11-16-7-5-15-6-8-16/h3-4,10,15H,1-2,5-9,11H2. The Hall–Kier alpha value is -1.06. The topological polar surface area (TPSA) is 24.5 Å². The second kappa shape index (κ2) is 5.07. The van der Waals surface area contributed by atoms with Crippen molar-refractivity contribution in [2.24, 2.45) is 0 Å². The Balaban J connectivity index is 1.70. The highest BCUT2D eigenvalue weighted by molar-refractivity contribution is 5.38. The van der Waals surface area contributed by atoms with Crippen LogP contribution in [0, 0.1) is 0 Å². The molecular weight excluding hydrogens is 212 g/mol. The number of piperazine rings is 1. The zero-order valence-corrected chi connectivity index (χ0v) is 10.2. The van der Waals surface area contributed by atoms with Crippen LogP contribution in [0.2, 0.25) is 0 Å². The van der Waals surface area contributed by atoms with E-state index in [1.165, 1.54) is 17.5 Å². The maximum absolute atomic E-state index is 5.64. The van der Waals surface area contributed by atoms with E-state index in [0.717, 1.165) is 51.5 Å². The van der Waals surface area contributed by atoms with Crippen molar-refractivity contribution in [3.63, 3.8) is 0 Å². The van der Waals surface area contributed by atoms with E-state index >= 15 is 0 Å². The summed E-state index contributed by atoms with van der Waals surface area (Å²) in [6, 6.07) is 6.69. The van der Waals surface area contributed by atoms with Gasteiger partial charge in [0.2, 0.25) is 0 Å². The first kappa shape index (κ1) is 11.1. The van der Waals surface area contributed by atoms with Gasteiger partial charge in [-0.05, 0) is 30.0 Å². The van der Waals surface area contributed by atoms with Crippen LogP contribution in [0.1, 0.15) is 17.5 Å². The molecule has 0 saturated carbocycles. The number of nitrogens with one attached hydrogen (secondary N) is 1. The molecule has 3 nitrogen and oxygen atoms in total. The summed E-state index contributed by atoms with van der Waals surface area (Å²) in [4.78, 5) is 2.52. The number of rotatable bonds is 2. The zero-order valence-electron chi connectivity index (χ0n) is 10.2. The summed E-state index contributed by atoms with van der Waals surface area (Å²) < 4.78 is 5.64. The molecule has 1 aromatic rings. The van der Waals surface area contributed by atoms with Crippen molar-refractivity contribution in [1.29, 1.82) is 0 Å². The van der Waals surface area contributed by atoms with Crippen molar-refractivity contribution in [2.45, 2.75) is 19.4 Å². The van der Waals surface area contributed by atoms with Gasteiger partial charge in [-0.3, -0.25) is 4.90 Å². The number of nitrogens with zero attached hydrogens (tertiary/aromatic N) is 1. The lowest BCUT2D eigenvalue weighted by atomic mass is 10.0. The highest BCUT2D eigenvalue weighted by atomic mass is 16.5. The van der Waals surface area contributed by atoms with Crippen molar-refractivity contribution in [3.05, 3.63) is 29.3 Å². The largest absolute Gasteiger partial charge is 0.493 e. The van der Waals surface area contributed by atoms with E-state index in [1.807, 2.05) is 0 Å². The van der Waals surface area contributed by atoms with Crippen LogP contribution >= 0.6 is 0 Å². The molecule has 0 atom stereocenters. The molecule has 2 aliphatic rings. The maximum Gasteiger partial charge on any atom is 0.122 e. The summed E-state index contributed by atoms with van der Waals surface area (Å²) >= 11 is 0. The Morgan fingerprint density at radius 1 is 1.24 bits per heavy atom. The van der Waals surface area contributed by atoms with Crippen LogP contribution in [-0.4, -0.2) is 37.7 Å². The Kier molecular flexibility index (Phi) is 3.29. The summed E-state index contributed by atoms with van der Waals surface area (Å²) in [5.41, 5.74) is 2.82. The lowest BCUT2D eigenvalue weighted by Crippen LogP contribution is -2.42. The van der Waals surface area contributed by atoms with Gasteiger partial charge in [-0.15, -0.1) is 0 Å². The van der Waals surface area contributed by atoms with Gasteiger partial charge >= 0.3 is 0 Å². The predicted molar refractivity (Wildman–Crippen MR) is 68.4 cm³/mol. The molecule has 1 saturated heterocycles. The fourth-order valence-corrected chi connectivity index (χ4v) is 2.64. The number of hydrogen-bond acceptors (Lipinski definition) is 3. The SMILES string of the molecule is c1cc2c(cc1CN1CCNCC1)CCCO2. The Labute approximate surface area is 103 Å². The molecule has 1 N–H and O–H groups in total. The third-order valence-electron chi connectivity index (χ3n) is 3.59. The molecule has 1 aromatic carbocycles. The Bertz CT molecular complexity index is 386. The number of ether oxygens (including phenoxy) is 1. The average Bonchev–Trinajstić information content (AvgIpc) is 2.40. The van der Waals surface area contributed by atoms with Crippen molar-refractivity contribution < 1.29 is 4.74 Å². The molecule has 3 rings (SSSR count). The highest BCUT2D eigenvalue weighted by Gasteiger charge is 2.13. The fraction of sp³-hybridized carbons (Fsp3) is 0.571. The van der Waals surface area contributed by atoms with Gasteiger partial charge in [0.15, 0.2) is 0 Å². The van der Waals surface area contributed by atoms with Crippen LogP contribution in [0.5, 0.6) is 5.75 Å². The molecule has 0 aromatic heterocycles. The van der Waals surface area contributed by atoms with Gasteiger partial charge in [0.1, 0.15) is 5.75 Å². The van der Waals surface area contributed by atoms with E-state index < -0.39 is 0 Å². The van der Waals surface area contributed by atoms with E-state index in [9.17, 15) is 0 Å². The van der Waals surface area contributed by atoms with E-state index in [0.29, 0.717) is 0 Å². The molecule has 0 spiro atoms. The lowest BCUT2D eigenvalue weighted by Gasteiger charge is -2.27. The minimum atomic E-state index is 0.879. The van der Waals surface area contributed by atoms with Crippen LogP contribution in [0.3, 0.4) is 0 Å². The molecule has 0 aliphatic carbocycles. The zero-order chi connectivity index (χ0) is 11.5. The van der Waals surface area contributed by atoms with Gasteiger partial charge in [0, 0.05) is 32.7 Å². The first-order chi connectivity index (χ1) is 8.42. The molecule has 0 unspecified atom stereocenters. The van der Waals surface area contributed by atoms with Crippen molar-refractivity contribution in [2.75, 3.05) is 32.8 Å². The van der Waals surface area contributed by atoms with Gasteiger partial charge in [-0.25, -0.2) is 0 Å². The van der Waals surface area contributed by atoms with Crippen molar-refractivity contribution >= 4 is 0 Å². The smallest absolute Gasteiger partial charge is 0.122 e. The summed E-state index contributed by atoms with van der Waals surface area (Å²) in [5, 5.41) is 3.39. The van der Waals surface area contributed by atoms with Crippen LogP contribution in [0.25, 0.3) is 0 Å². The number of aryl methyl sites for hydroxylation is 1. The van der Waals surface area contributed by atoms with E-state index in [1.54, 1.807) is 0 Å². The highest BCUT2D eigenvalue weighted by Crippen LogP contribution is 2.26. The molecule has 0 amide bonds. The second-order valence-corrected chi connectivity index (χ2v) is 4.92. The third kappa shape index (κ3) is 2.61. The maximum atomic E-state index is 5.64. The Morgan fingerprint density at radius 3 is 3.00 bits per heavy atom. The molecule has 0 bridgehead atoms. The molecule has 17 heavy (non-hydrogen) atoms. The Morgan fingerprint density at radius 2 is 2.12 bits per heavy atom. The molecule has 3 heteroatoms. The van der Waals surface area contributed by atoms with Gasteiger partial charge in [0.25, 0.3) is 0 Å². The minimum Gasteiger partial charge on any atom is -0.493 e. The van der Waals surface area contributed by atoms with Crippen molar-refractivity contribution in [3.8, 4) is 5.75 Å². The average molecular weight is 232 g/mol. The minimum absolute atomic E-state index is 0.879. The third-order valence-corrected chi connectivity index (χ3v) is 3.59. The quantitative estimate of drug-likeness (QED) is 0.834. The predicted octanol–water partition coefficient (Wildman–Crippen LogP) is 1.42. The van der Waals surface area contributed by atoms with Crippen LogP contribution in [0.15, 0.2) is 18.2 Å². The molecule has 1 fully saturated rings. The summed E-state index contributed by atoms with van der Waals surface area (Å²) in [5.74, 6) is 1.10. The van der Waals surface area contributed by atoms with Crippen LogP contribution < -0.4 is 10.1 Å². The molecule has 2 aliphatic heterocycles. The monoisotopic (exact) mass is 232 g/mol. The summed E-state index contributed by atoms with van der Waals surface area (Å²) in [7, 11) is 0. The van der Waals surface area contributed by atoms with E-state index in [-0.39, 0.29) is 0 Å². The summed E-state index contributed by atoms with van der Waals surface area (Å²) in [6.45, 7) is 6.52. The van der Waals surface area contributed by atoms with Crippen molar-refractivity contribution in [1.82, 2.24) is 10.2 Å². The molecule has 2 heterocycles. The van der Waals surface area contributed by atoms with Gasteiger partial charge in [-0.2, -0.15) is 0 Å². The van der Waals surface area contributed by atoms with Crippen LogP contribution in [0.4, 0.5) is 0 Å². The molecule has 92 valence electrons. The number of benzene rings is 1. The molecule has 0 radical (unpaired) electrons.